The molecule has 1 aliphatic heterocycles. The smallest absolute Gasteiger partial charge is 0.164 e. The molecule has 0 bridgehead atoms. The van der Waals surface area contributed by atoms with Crippen LogP contribution in [0.3, 0.4) is 0 Å². The van der Waals surface area contributed by atoms with E-state index in [1.807, 2.05) is 32.0 Å². The number of hydrogen-bond acceptors (Lipinski definition) is 3. The summed E-state index contributed by atoms with van der Waals surface area (Å²) in [4.78, 5) is 14.5. The third-order valence-corrected chi connectivity index (χ3v) is 3.45. The minimum atomic E-state index is 0.252. The van der Waals surface area contributed by atoms with E-state index in [9.17, 15) is 4.79 Å². The Kier molecular flexibility index (Phi) is 4.50. The number of aryl methyl sites for hydroxylation is 2. The topological polar surface area (TPSA) is 29.5 Å². The molecule has 18 heavy (non-hydrogen) atoms. The molecular weight excluding hydrogens is 226 g/mol. The van der Waals surface area contributed by atoms with E-state index in [-0.39, 0.29) is 5.78 Å². The monoisotopic (exact) mass is 247 g/mol. The Morgan fingerprint density at radius 2 is 2.00 bits per heavy atom. The van der Waals surface area contributed by atoms with Crippen molar-refractivity contribution in [2.24, 2.45) is 0 Å². The lowest BCUT2D eigenvalue weighted by Gasteiger charge is -2.26. The third kappa shape index (κ3) is 3.40. The van der Waals surface area contributed by atoms with E-state index in [4.69, 9.17) is 4.74 Å². The normalized spacial score (nSPS) is 16.8. The number of ketones is 1. The average Bonchev–Trinajstić information content (AvgIpc) is 2.40. The van der Waals surface area contributed by atoms with Crippen molar-refractivity contribution in [1.29, 1.82) is 0 Å². The number of Topliss-reactive ketones (excluding diaryl/α,β-unsaturated/α-hetero) is 1. The van der Waals surface area contributed by atoms with Crippen LogP contribution in [0.2, 0.25) is 0 Å². The molecule has 0 spiro atoms. The van der Waals surface area contributed by atoms with Gasteiger partial charge in [-0.3, -0.25) is 9.69 Å². The third-order valence-electron chi connectivity index (χ3n) is 3.45. The molecule has 2 rings (SSSR count). The first-order valence-electron chi connectivity index (χ1n) is 6.57. The average molecular weight is 247 g/mol. The Morgan fingerprint density at radius 1 is 1.28 bits per heavy atom. The van der Waals surface area contributed by atoms with Gasteiger partial charge in [-0.05, 0) is 25.5 Å². The molecule has 1 heterocycles. The Morgan fingerprint density at radius 3 is 2.72 bits per heavy atom. The first-order valence-corrected chi connectivity index (χ1v) is 6.57. The van der Waals surface area contributed by atoms with Crippen LogP contribution in [0.25, 0.3) is 0 Å². The van der Waals surface area contributed by atoms with Gasteiger partial charge in [0.2, 0.25) is 0 Å². The molecule has 1 aromatic rings. The van der Waals surface area contributed by atoms with E-state index in [1.54, 1.807) is 0 Å². The predicted molar refractivity (Wildman–Crippen MR) is 72.1 cm³/mol. The second-order valence-electron chi connectivity index (χ2n) is 4.95. The summed E-state index contributed by atoms with van der Waals surface area (Å²) < 4.78 is 5.30. The number of benzene rings is 1. The Balaban J connectivity index is 1.92. The SMILES string of the molecule is Cc1ccc(C)c(C(=O)CCN2CCOCC2)c1. The van der Waals surface area contributed by atoms with Crippen LogP contribution >= 0.6 is 0 Å². The zero-order chi connectivity index (χ0) is 13.0. The number of rotatable bonds is 4. The molecule has 1 fully saturated rings. The lowest BCUT2D eigenvalue weighted by Crippen LogP contribution is -2.37. The van der Waals surface area contributed by atoms with Crippen LogP contribution in [0, 0.1) is 13.8 Å². The van der Waals surface area contributed by atoms with Crippen molar-refractivity contribution in [3.8, 4) is 0 Å². The van der Waals surface area contributed by atoms with Gasteiger partial charge in [-0.15, -0.1) is 0 Å². The molecule has 3 heteroatoms. The zero-order valence-electron chi connectivity index (χ0n) is 11.2. The molecule has 0 radical (unpaired) electrons. The molecule has 0 aromatic heterocycles. The summed E-state index contributed by atoms with van der Waals surface area (Å²) in [5.74, 6) is 0.252. The van der Waals surface area contributed by atoms with Crippen molar-refractivity contribution < 1.29 is 9.53 Å². The molecule has 0 saturated carbocycles. The van der Waals surface area contributed by atoms with Crippen LogP contribution in [-0.4, -0.2) is 43.5 Å². The maximum Gasteiger partial charge on any atom is 0.164 e. The molecule has 0 N–H and O–H groups in total. The van der Waals surface area contributed by atoms with Gasteiger partial charge in [-0.2, -0.15) is 0 Å². The van der Waals surface area contributed by atoms with Gasteiger partial charge in [0.1, 0.15) is 0 Å². The summed E-state index contributed by atoms with van der Waals surface area (Å²) in [6, 6.07) is 6.07. The summed E-state index contributed by atoms with van der Waals surface area (Å²) in [6.07, 6.45) is 0.601. The summed E-state index contributed by atoms with van der Waals surface area (Å²) in [5.41, 5.74) is 3.10. The van der Waals surface area contributed by atoms with Crippen molar-refractivity contribution in [2.75, 3.05) is 32.8 Å². The maximum atomic E-state index is 12.2. The van der Waals surface area contributed by atoms with Gasteiger partial charge in [-0.25, -0.2) is 0 Å². The van der Waals surface area contributed by atoms with E-state index < -0.39 is 0 Å². The second kappa shape index (κ2) is 6.12. The molecule has 0 amide bonds. The fourth-order valence-electron chi connectivity index (χ4n) is 2.26. The van der Waals surface area contributed by atoms with E-state index >= 15 is 0 Å². The van der Waals surface area contributed by atoms with Gasteiger partial charge < -0.3 is 4.74 Å². The highest BCUT2D eigenvalue weighted by molar-refractivity contribution is 5.97. The van der Waals surface area contributed by atoms with Gasteiger partial charge in [0.15, 0.2) is 5.78 Å². The van der Waals surface area contributed by atoms with Crippen LogP contribution < -0.4 is 0 Å². The highest BCUT2D eigenvalue weighted by Crippen LogP contribution is 2.13. The lowest BCUT2D eigenvalue weighted by atomic mass is 10.00. The lowest BCUT2D eigenvalue weighted by molar-refractivity contribution is 0.0370. The van der Waals surface area contributed by atoms with E-state index in [2.05, 4.69) is 4.90 Å². The van der Waals surface area contributed by atoms with Gasteiger partial charge in [0.05, 0.1) is 13.2 Å². The maximum absolute atomic E-state index is 12.2. The molecule has 0 unspecified atom stereocenters. The number of carbonyl (C=O) groups is 1. The number of morpholine rings is 1. The molecular formula is C15H21NO2. The van der Waals surface area contributed by atoms with Crippen molar-refractivity contribution in [3.63, 3.8) is 0 Å². The van der Waals surface area contributed by atoms with E-state index in [0.29, 0.717) is 6.42 Å². The summed E-state index contributed by atoms with van der Waals surface area (Å²) in [6.45, 7) is 8.34. The highest BCUT2D eigenvalue weighted by atomic mass is 16.5. The van der Waals surface area contributed by atoms with Crippen molar-refractivity contribution in [2.45, 2.75) is 20.3 Å². The summed E-state index contributed by atoms with van der Waals surface area (Å²) in [5, 5.41) is 0. The van der Waals surface area contributed by atoms with Crippen molar-refractivity contribution >= 4 is 5.78 Å². The number of carbonyl (C=O) groups excluding carboxylic acids is 1. The van der Waals surface area contributed by atoms with Gasteiger partial charge >= 0.3 is 0 Å². The fourth-order valence-corrected chi connectivity index (χ4v) is 2.26. The molecule has 1 aliphatic rings. The first-order chi connectivity index (χ1) is 8.66. The molecule has 1 aromatic carbocycles. The number of hydrogen-bond donors (Lipinski definition) is 0. The Hall–Kier alpha value is -1.19. The minimum absolute atomic E-state index is 0.252. The molecule has 0 aliphatic carbocycles. The standard InChI is InChI=1S/C15H21NO2/c1-12-3-4-13(2)14(11-12)15(17)5-6-16-7-9-18-10-8-16/h3-4,11H,5-10H2,1-2H3. The van der Waals surface area contributed by atoms with Crippen molar-refractivity contribution in [1.82, 2.24) is 4.90 Å². The van der Waals surface area contributed by atoms with Gasteiger partial charge in [0.25, 0.3) is 0 Å². The van der Waals surface area contributed by atoms with E-state index in [0.717, 1.165) is 49.5 Å². The Bertz CT molecular complexity index is 423. The molecule has 1 saturated heterocycles. The zero-order valence-corrected chi connectivity index (χ0v) is 11.2. The predicted octanol–water partition coefficient (Wildman–Crippen LogP) is 2.21. The molecule has 3 nitrogen and oxygen atoms in total. The first kappa shape index (κ1) is 13.2. The van der Waals surface area contributed by atoms with Gasteiger partial charge in [-0.1, -0.05) is 17.7 Å². The quantitative estimate of drug-likeness (QED) is 0.764. The van der Waals surface area contributed by atoms with Crippen LogP contribution in [0.4, 0.5) is 0 Å². The molecule has 0 atom stereocenters. The van der Waals surface area contributed by atoms with Crippen LogP contribution in [0.15, 0.2) is 18.2 Å². The fraction of sp³-hybridized carbons (Fsp3) is 0.533. The summed E-state index contributed by atoms with van der Waals surface area (Å²) >= 11 is 0. The number of ether oxygens (including phenoxy) is 1. The Labute approximate surface area is 109 Å². The number of nitrogens with zero attached hydrogens (tertiary/aromatic N) is 1. The second-order valence-corrected chi connectivity index (χ2v) is 4.95. The molecule has 98 valence electrons. The van der Waals surface area contributed by atoms with Crippen molar-refractivity contribution in [3.05, 3.63) is 34.9 Å². The minimum Gasteiger partial charge on any atom is -0.379 e. The largest absolute Gasteiger partial charge is 0.379 e. The van der Waals surface area contributed by atoms with Crippen LogP contribution in [0.5, 0.6) is 0 Å². The van der Waals surface area contributed by atoms with Gasteiger partial charge in [0, 0.05) is 31.6 Å². The van der Waals surface area contributed by atoms with E-state index in [1.165, 1.54) is 0 Å². The summed E-state index contributed by atoms with van der Waals surface area (Å²) in [7, 11) is 0. The highest BCUT2D eigenvalue weighted by Gasteiger charge is 2.14. The van der Waals surface area contributed by atoms with Crippen LogP contribution in [0.1, 0.15) is 27.9 Å². The van der Waals surface area contributed by atoms with Crippen LogP contribution in [-0.2, 0) is 4.74 Å².